The Morgan fingerprint density at radius 1 is 1.27 bits per heavy atom. The van der Waals surface area contributed by atoms with E-state index in [0.717, 1.165) is 16.5 Å². The van der Waals surface area contributed by atoms with E-state index in [2.05, 4.69) is 4.98 Å². The Kier molecular flexibility index (Phi) is 3.84. The van der Waals surface area contributed by atoms with Crippen LogP contribution in [0, 0.1) is 5.92 Å². The van der Waals surface area contributed by atoms with E-state index in [9.17, 15) is 13.2 Å². The number of aromatic nitrogens is 1. The van der Waals surface area contributed by atoms with E-state index in [1.807, 2.05) is 30.3 Å². The van der Waals surface area contributed by atoms with Gasteiger partial charge in [0, 0.05) is 37.0 Å². The van der Waals surface area contributed by atoms with Crippen molar-refractivity contribution in [3.05, 3.63) is 42.1 Å². The van der Waals surface area contributed by atoms with Crippen molar-refractivity contribution >= 4 is 26.8 Å². The highest BCUT2D eigenvalue weighted by Gasteiger charge is 2.32. The minimum Gasteiger partial charge on any atom is -0.338 e. The molecule has 1 aliphatic rings. The molecule has 0 aliphatic carbocycles. The van der Waals surface area contributed by atoms with E-state index >= 15 is 0 Å². The lowest BCUT2D eigenvalue weighted by atomic mass is 10.1. The Morgan fingerprint density at radius 3 is 2.82 bits per heavy atom. The summed E-state index contributed by atoms with van der Waals surface area (Å²) in [6.45, 7) is 0.884. The largest absolute Gasteiger partial charge is 0.338 e. The van der Waals surface area contributed by atoms with Crippen molar-refractivity contribution < 1.29 is 13.2 Å². The summed E-state index contributed by atoms with van der Waals surface area (Å²) in [5, 5.41) is 6.07. The molecule has 1 atom stereocenters. The summed E-state index contributed by atoms with van der Waals surface area (Å²) in [6.07, 6.45) is 1.96. The lowest BCUT2D eigenvalue weighted by Gasteiger charge is -2.17. The zero-order chi connectivity index (χ0) is 15.7. The summed E-state index contributed by atoms with van der Waals surface area (Å²) < 4.78 is 22.3. The molecule has 1 amide bonds. The van der Waals surface area contributed by atoms with Crippen LogP contribution in [0.15, 0.2) is 36.5 Å². The predicted molar refractivity (Wildman–Crippen MR) is 83.2 cm³/mol. The molecular formula is C15H17N3O3S. The zero-order valence-electron chi connectivity index (χ0n) is 12.0. The molecular weight excluding hydrogens is 302 g/mol. The summed E-state index contributed by atoms with van der Waals surface area (Å²) in [7, 11) is -3.55. The third-order valence-electron chi connectivity index (χ3n) is 3.86. The summed E-state index contributed by atoms with van der Waals surface area (Å²) in [6, 6.07) is 9.64. The molecule has 22 heavy (non-hydrogen) atoms. The standard InChI is InChI=1S/C15H17N3O3S/c16-22(20,21)10-11-7-15(19)18(8-11)9-12-5-6-17-14-4-2-1-3-13(12)14/h1-6,11H,7-10H2,(H2,16,20,21). The first-order chi connectivity index (χ1) is 10.4. The monoisotopic (exact) mass is 319 g/mol. The molecule has 2 heterocycles. The van der Waals surface area contributed by atoms with E-state index < -0.39 is 10.0 Å². The number of sulfonamides is 1. The Hall–Kier alpha value is -1.99. The number of amides is 1. The van der Waals surface area contributed by atoms with Gasteiger partial charge in [0.05, 0.1) is 11.3 Å². The molecule has 2 aromatic rings. The normalized spacial score (nSPS) is 19.0. The van der Waals surface area contributed by atoms with Crippen LogP contribution in [0.4, 0.5) is 0 Å². The first-order valence-corrected chi connectivity index (χ1v) is 8.75. The quantitative estimate of drug-likeness (QED) is 0.905. The maximum absolute atomic E-state index is 12.1. The third-order valence-corrected chi connectivity index (χ3v) is 4.80. The highest BCUT2D eigenvalue weighted by molar-refractivity contribution is 7.89. The number of hydrogen-bond donors (Lipinski definition) is 1. The molecule has 2 N–H and O–H groups in total. The Morgan fingerprint density at radius 2 is 2.05 bits per heavy atom. The van der Waals surface area contributed by atoms with Gasteiger partial charge in [0.25, 0.3) is 0 Å². The van der Waals surface area contributed by atoms with Gasteiger partial charge in [-0.25, -0.2) is 13.6 Å². The van der Waals surface area contributed by atoms with Crippen LogP contribution in [0.1, 0.15) is 12.0 Å². The average Bonchev–Trinajstić information content (AvgIpc) is 2.77. The molecule has 1 aromatic heterocycles. The van der Waals surface area contributed by atoms with E-state index in [1.54, 1.807) is 11.1 Å². The van der Waals surface area contributed by atoms with Crippen LogP contribution in [0.3, 0.4) is 0 Å². The Labute approximate surface area is 129 Å². The van der Waals surface area contributed by atoms with Gasteiger partial charge in [-0.05, 0) is 17.7 Å². The fourth-order valence-electron chi connectivity index (χ4n) is 2.95. The summed E-state index contributed by atoms with van der Waals surface area (Å²) >= 11 is 0. The Bertz CT molecular complexity index is 814. The van der Waals surface area contributed by atoms with Gasteiger partial charge in [-0.1, -0.05) is 18.2 Å². The van der Waals surface area contributed by atoms with E-state index in [0.29, 0.717) is 13.1 Å². The first-order valence-electron chi connectivity index (χ1n) is 7.03. The molecule has 1 aliphatic heterocycles. The van der Waals surface area contributed by atoms with Crippen LogP contribution in [0.5, 0.6) is 0 Å². The van der Waals surface area contributed by atoms with Gasteiger partial charge in [-0.2, -0.15) is 0 Å². The van der Waals surface area contributed by atoms with Gasteiger partial charge in [-0.3, -0.25) is 9.78 Å². The summed E-state index contributed by atoms with van der Waals surface area (Å²) in [5.74, 6) is -0.406. The summed E-state index contributed by atoms with van der Waals surface area (Å²) in [5.41, 5.74) is 1.89. The maximum atomic E-state index is 12.1. The van der Waals surface area contributed by atoms with E-state index in [4.69, 9.17) is 5.14 Å². The predicted octanol–water partition coefficient (Wildman–Crippen LogP) is 0.872. The lowest BCUT2D eigenvalue weighted by molar-refractivity contribution is -0.128. The summed E-state index contributed by atoms with van der Waals surface area (Å²) in [4.78, 5) is 18.1. The number of carbonyl (C=O) groups is 1. The molecule has 6 nitrogen and oxygen atoms in total. The molecule has 0 saturated carbocycles. The van der Waals surface area contributed by atoms with Crippen molar-refractivity contribution in [3.8, 4) is 0 Å². The number of likely N-dealkylation sites (tertiary alicyclic amines) is 1. The number of primary sulfonamides is 1. The average molecular weight is 319 g/mol. The van der Waals surface area contributed by atoms with Gasteiger partial charge in [-0.15, -0.1) is 0 Å². The van der Waals surface area contributed by atoms with E-state index in [1.165, 1.54) is 0 Å². The number of benzene rings is 1. The molecule has 0 spiro atoms. The molecule has 1 unspecified atom stereocenters. The Balaban J connectivity index is 1.79. The number of hydrogen-bond acceptors (Lipinski definition) is 4. The third kappa shape index (κ3) is 3.26. The number of carbonyl (C=O) groups excluding carboxylic acids is 1. The van der Waals surface area contributed by atoms with Crippen LogP contribution in [-0.4, -0.2) is 36.5 Å². The second-order valence-electron chi connectivity index (χ2n) is 5.66. The molecule has 1 aromatic carbocycles. The SMILES string of the molecule is NS(=O)(=O)CC1CC(=O)N(Cc2ccnc3ccccc23)C1. The fraction of sp³-hybridized carbons (Fsp3) is 0.333. The van der Waals surface area contributed by atoms with Crippen molar-refractivity contribution in [2.75, 3.05) is 12.3 Å². The highest BCUT2D eigenvalue weighted by Crippen LogP contribution is 2.24. The van der Waals surface area contributed by atoms with Crippen LogP contribution in [0.2, 0.25) is 0 Å². The molecule has 7 heteroatoms. The smallest absolute Gasteiger partial charge is 0.223 e. The first kappa shape index (κ1) is 14.9. The van der Waals surface area contributed by atoms with Crippen molar-refractivity contribution in [3.63, 3.8) is 0 Å². The van der Waals surface area contributed by atoms with Gasteiger partial charge in [0.15, 0.2) is 0 Å². The van der Waals surface area contributed by atoms with Crippen LogP contribution < -0.4 is 5.14 Å². The van der Waals surface area contributed by atoms with E-state index in [-0.39, 0.29) is 24.0 Å². The van der Waals surface area contributed by atoms with Gasteiger partial charge < -0.3 is 4.90 Å². The minimum atomic E-state index is -3.55. The molecule has 0 radical (unpaired) electrons. The number of nitrogens with two attached hydrogens (primary N) is 1. The maximum Gasteiger partial charge on any atom is 0.223 e. The van der Waals surface area contributed by atoms with Crippen molar-refractivity contribution in [1.29, 1.82) is 0 Å². The van der Waals surface area contributed by atoms with Crippen molar-refractivity contribution in [1.82, 2.24) is 9.88 Å². The van der Waals surface area contributed by atoms with Crippen LogP contribution >= 0.6 is 0 Å². The topological polar surface area (TPSA) is 93.4 Å². The number of para-hydroxylation sites is 1. The van der Waals surface area contributed by atoms with Crippen molar-refractivity contribution in [2.45, 2.75) is 13.0 Å². The number of pyridine rings is 1. The number of fused-ring (bicyclic) bond motifs is 1. The molecule has 116 valence electrons. The second kappa shape index (κ2) is 5.66. The van der Waals surface area contributed by atoms with Gasteiger partial charge >= 0.3 is 0 Å². The second-order valence-corrected chi connectivity index (χ2v) is 7.32. The number of rotatable bonds is 4. The zero-order valence-corrected chi connectivity index (χ0v) is 12.8. The molecule has 0 bridgehead atoms. The van der Waals surface area contributed by atoms with Crippen LogP contribution in [-0.2, 0) is 21.4 Å². The molecule has 1 saturated heterocycles. The van der Waals surface area contributed by atoms with Crippen LogP contribution in [0.25, 0.3) is 10.9 Å². The van der Waals surface area contributed by atoms with Gasteiger partial charge in [0.1, 0.15) is 0 Å². The highest BCUT2D eigenvalue weighted by atomic mass is 32.2. The lowest BCUT2D eigenvalue weighted by Crippen LogP contribution is -2.27. The molecule has 1 fully saturated rings. The number of nitrogens with zero attached hydrogens (tertiary/aromatic N) is 2. The van der Waals surface area contributed by atoms with Crippen molar-refractivity contribution in [2.24, 2.45) is 11.1 Å². The molecule has 3 rings (SSSR count). The van der Waals surface area contributed by atoms with Gasteiger partial charge in [0.2, 0.25) is 15.9 Å². The fourth-order valence-corrected chi connectivity index (χ4v) is 3.83. The minimum absolute atomic E-state index is 0.0328.